The molecule has 0 heterocycles. The van der Waals surface area contributed by atoms with Gasteiger partial charge in [-0.2, -0.15) is 0 Å². The summed E-state index contributed by atoms with van der Waals surface area (Å²) in [5.41, 5.74) is 1.50. The van der Waals surface area contributed by atoms with Gasteiger partial charge in [0.1, 0.15) is 0 Å². The molecule has 0 amide bonds. The van der Waals surface area contributed by atoms with Crippen LogP contribution in [0.3, 0.4) is 0 Å². The van der Waals surface area contributed by atoms with Crippen molar-refractivity contribution in [2.45, 2.75) is 24.8 Å². The van der Waals surface area contributed by atoms with Crippen molar-refractivity contribution < 1.29 is 0 Å². The van der Waals surface area contributed by atoms with Crippen molar-refractivity contribution in [1.82, 2.24) is 5.32 Å². The van der Waals surface area contributed by atoms with E-state index in [0.717, 1.165) is 12.0 Å². The van der Waals surface area contributed by atoms with Crippen LogP contribution in [0.2, 0.25) is 0 Å². The molecule has 1 heteroatoms. The van der Waals surface area contributed by atoms with Crippen LogP contribution in [0.25, 0.3) is 0 Å². The number of nitrogens with one attached hydrogen (secondary N) is 1. The summed E-state index contributed by atoms with van der Waals surface area (Å²) in [7, 11) is 2.05. The van der Waals surface area contributed by atoms with Gasteiger partial charge in [-0.05, 0) is 31.4 Å². The molecule has 1 nitrogen and oxygen atoms in total. The molecule has 0 bridgehead atoms. The smallest absolute Gasteiger partial charge is 0.00757 e. The molecule has 0 aromatic heterocycles. The van der Waals surface area contributed by atoms with Crippen LogP contribution in [0.15, 0.2) is 30.3 Å². The lowest BCUT2D eigenvalue weighted by atomic mass is 9.76. The van der Waals surface area contributed by atoms with Gasteiger partial charge in [0.25, 0.3) is 0 Å². The van der Waals surface area contributed by atoms with Crippen LogP contribution in [-0.4, -0.2) is 13.1 Å². The maximum Gasteiger partial charge on any atom is 0.00757 e. The first-order valence-electron chi connectivity index (χ1n) is 4.62. The highest BCUT2D eigenvalue weighted by Gasteiger charge is 2.28. The third-order valence-electron chi connectivity index (χ3n) is 2.82. The van der Waals surface area contributed by atoms with E-state index in [4.69, 9.17) is 0 Å². The van der Waals surface area contributed by atoms with Crippen molar-refractivity contribution in [1.29, 1.82) is 0 Å². The Balaban J connectivity index is 1.97. The fourth-order valence-corrected chi connectivity index (χ4v) is 1.85. The van der Waals surface area contributed by atoms with Crippen LogP contribution in [0.1, 0.15) is 24.3 Å². The Morgan fingerprint density at radius 1 is 1.17 bits per heavy atom. The van der Waals surface area contributed by atoms with Gasteiger partial charge in [-0.3, -0.25) is 0 Å². The third-order valence-corrected chi connectivity index (χ3v) is 2.82. The van der Waals surface area contributed by atoms with E-state index in [9.17, 15) is 0 Å². The van der Waals surface area contributed by atoms with Gasteiger partial charge in [-0.1, -0.05) is 30.3 Å². The van der Waals surface area contributed by atoms with Crippen LogP contribution in [0.4, 0.5) is 0 Å². The van der Waals surface area contributed by atoms with Crippen molar-refractivity contribution in [3.8, 4) is 0 Å². The molecule has 0 saturated heterocycles. The minimum atomic E-state index is 0.759. The number of hydrogen-bond donors (Lipinski definition) is 1. The maximum atomic E-state index is 3.30. The fourth-order valence-electron chi connectivity index (χ4n) is 1.85. The molecule has 1 saturated carbocycles. The largest absolute Gasteiger partial charge is 0.317 e. The number of rotatable bonds is 2. The first-order chi connectivity index (χ1) is 5.90. The van der Waals surface area contributed by atoms with Gasteiger partial charge >= 0.3 is 0 Å². The average molecular weight is 161 g/mol. The van der Waals surface area contributed by atoms with Crippen LogP contribution in [0, 0.1) is 0 Å². The molecule has 0 atom stereocenters. The van der Waals surface area contributed by atoms with Crippen LogP contribution < -0.4 is 5.32 Å². The zero-order valence-electron chi connectivity index (χ0n) is 7.46. The molecule has 64 valence electrons. The van der Waals surface area contributed by atoms with E-state index in [1.165, 1.54) is 18.4 Å². The molecule has 2 rings (SSSR count). The molecular formula is C11H15N. The molecular weight excluding hydrogens is 146 g/mol. The molecule has 1 aliphatic carbocycles. The Labute approximate surface area is 73.8 Å². The SMILES string of the molecule is CNC1CC(c2ccccc2)C1. The van der Waals surface area contributed by atoms with Gasteiger partial charge in [-0.15, -0.1) is 0 Å². The summed E-state index contributed by atoms with van der Waals surface area (Å²) in [6, 6.07) is 11.6. The molecule has 0 spiro atoms. The maximum absolute atomic E-state index is 3.30. The van der Waals surface area contributed by atoms with Crippen LogP contribution in [-0.2, 0) is 0 Å². The van der Waals surface area contributed by atoms with Crippen molar-refractivity contribution in [3.63, 3.8) is 0 Å². The minimum absolute atomic E-state index is 0.759. The molecule has 1 aromatic carbocycles. The zero-order chi connectivity index (χ0) is 8.39. The monoisotopic (exact) mass is 161 g/mol. The Bertz CT molecular complexity index is 236. The van der Waals surface area contributed by atoms with Crippen molar-refractivity contribution >= 4 is 0 Å². The normalized spacial score (nSPS) is 28.1. The van der Waals surface area contributed by atoms with Crippen molar-refractivity contribution in [2.24, 2.45) is 0 Å². The summed E-state index contributed by atoms with van der Waals surface area (Å²) in [5.74, 6) is 0.809. The number of hydrogen-bond acceptors (Lipinski definition) is 1. The van der Waals surface area contributed by atoms with E-state index in [1.807, 2.05) is 7.05 Å². The second-order valence-electron chi connectivity index (χ2n) is 3.56. The van der Waals surface area contributed by atoms with Crippen molar-refractivity contribution in [3.05, 3.63) is 35.9 Å². The van der Waals surface area contributed by atoms with Gasteiger partial charge in [-0.25, -0.2) is 0 Å². The van der Waals surface area contributed by atoms with Gasteiger partial charge in [0.2, 0.25) is 0 Å². The summed E-state index contributed by atoms with van der Waals surface area (Å²) in [6.45, 7) is 0. The van der Waals surface area contributed by atoms with E-state index in [-0.39, 0.29) is 0 Å². The lowest BCUT2D eigenvalue weighted by molar-refractivity contribution is 0.307. The van der Waals surface area contributed by atoms with Gasteiger partial charge < -0.3 is 5.32 Å². The van der Waals surface area contributed by atoms with E-state index in [0.29, 0.717) is 0 Å². The molecule has 12 heavy (non-hydrogen) atoms. The Morgan fingerprint density at radius 2 is 1.83 bits per heavy atom. The molecule has 0 unspecified atom stereocenters. The fraction of sp³-hybridized carbons (Fsp3) is 0.455. The third kappa shape index (κ3) is 1.37. The molecule has 1 aliphatic rings. The quantitative estimate of drug-likeness (QED) is 0.700. The molecule has 1 N–H and O–H groups in total. The zero-order valence-corrected chi connectivity index (χ0v) is 7.46. The predicted molar refractivity (Wildman–Crippen MR) is 51.3 cm³/mol. The second-order valence-corrected chi connectivity index (χ2v) is 3.56. The summed E-state index contributed by atoms with van der Waals surface area (Å²) in [5, 5.41) is 3.30. The van der Waals surface area contributed by atoms with E-state index in [2.05, 4.69) is 35.6 Å². The predicted octanol–water partition coefficient (Wildman–Crippen LogP) is 2.15. The minimum Gasteiger partial charge on any atom is -0.317 e. The van der Waals surface area contributed by atoms with E-state index >= 15 is 0 Å². The summed E-state index contributed by atoms with van der Waals surface area (Å²) < 4.78 is 0. The lowest BCUT2D eigenvalue weighted by Gasteiger charge is -2.35. The first-order valence-corrected chi connectivity index (χ1v) is 4.62. The Morgan fingerprint density at radius 3 is 2.42 bits per heavy atom. The lowest BCUT2D eigenvalue weighted by Crippen LogP contribution is -2.37. The molecule has 1 fully saturated rings. The highest BCUT2D eigenvalue weighted by atomic mass is 14.9. The van der Waals surface area contributed by atoms with Crippen molar-refractivity contribution in [2.75, 3.05) is 7.05 Å². The standard InChI is InChI=1S/C11H15N/c1-12-11-7-10(8-11)9-5-3-2-4-6-9/h2-6,10-12H,7-8H2,1H3. The van der Waals surface area contributed by atoms with Gasteiger partial charge in [0, 0.05) is 6.04 Å². The summed E-state index contributed by atoms with van der Waals surface area (Å²) in [4.78, 5) is 0. The second kappa shape index (κ2) is 3.28. The highest BCUT2D eigenvalue weighted by Crippen LogP contribution is 2.36. The van der Waals surface area contributed by atoms with E-state index < -0.39 is 0 Å². The molecule has 1 aromatic rings. The number of benzene rings is 1. The van der Waals surface area contributed by atoms with Gasteiger partial charge in [0.05, 0.1) is 0 Å². The van der Waals surface area contributed by atoms with E-state index in [1.54, 1.807) is 0 Å². The summed E-state index contributed by atoms with van der Waals surface area (Å²) in [6.07, 6.45) is 2.61. The molecule has 0 radical (unpaired) electrons. The summed E-state index contributed by atoms with van der Waals surface area (Å²) >= 11 is 0. The Kier molecular flexibility index (Phi) is 2.13. The first kappa shape index (κ1) is 7.81. The van der Waals surface area contributed by atoms with Crippen LogP contribution >= 0.6 is 0 Å². The molecule has 0 aliphatic heterocycles. The van der Waals surface area contributed by atoms with Gasteiger partial charge in [0.15, 0.2) is 0 Å². The highest BCUT2D eigenvalue weighted by molar-refractivity contribution is 5.22. The topological polar surface area (TPSA) is 12.0 Å². The Hall–Kier alpha value is -0.820. The average Bonchev–Trinajstić information content (AvgIpc) is 2.04. The van der Waals surface area contributed by atoms with Crippen LogP contribution in [0.5, 0.6) is 0 Å².